The van der Waals surface area contributed by atoms with Crippen molar-refractivity contribution in [2.75, 3.05) is 7.11 Å². The third-order valence-electron chi connectivity index (χ3n) is 3.55. The van der Waals surface area contributed by atoms with E-state index in [4.69, 9.17) is 4.74 Å². The summed E-state index contributed by atoms with van der Waals surface area (Å²) in [4.78, 5) is 11.7. The third-order valence-corrected chi connectivity index (χ3v) is 3.55. The van der Waals surface area contributed by atoms with Crippen molar-refractivity contribution in [3.63, 3.8) is 0 Å². The summed E-state index contributed by atoms with van der Waals surface area (Å²) >= 11 is 0. The summed E-state index contributed by atoms with van der Waals surface area (Å²) in [6.45, 7) is 0. The molecule has 0 unspecified atom stereocenters. The van der Waals surface area contributed by atoms with Gasteiger partial charge in [-0.15, -0.1) is 0 Å². The number of carbonyl (C=O) groups excluding carboxylic acids is 1. The summed E-state index contributed by atoms with van der Waals surface area (Å²) in [6, 6.07) is 7.87. The Bertz CT molecular complexity index is 448. The van der Waals surface area contributed by atoms with Crippen LogP contribution in [0.15, 0.2) is 30.5 Å². The molecule has 0 bridgehead atoms. The van der Waals surface area contributed by atoms with E-state index < -0.39 is 0 Å². The Balaban J connectivity index is 1.75. The zero-order chi connectivity index (χ0) is 14.2. The normalized spacial score (nSPS) is 16.1. The molecule has 1 fully saturated rings. The number of amides is 2. The van der Waals surface area contributed by atoms with Gasteiger partial charge in [0.05, 0.1) is 7.11 Å². The van der Waals surface area contributed by atoms with E-state index in [1.807, 2.05) is 30.3 Å². The Kier molecular flexibility index (Phi) is 5.47. The van der Waals surface area contributed by atoms with Crippen molar-refractivity contribution in [2.45, 2.75) is 38.1 Å². The van der Waals surface area contributed by atoms with Crippen LogP contribution in [0.5, 0.6) is 5.75 Å². The second-order valence-electron chi connectivity index (χ2n) is 5.06. The number of ether oxygens (including phenoxy) is 1. The van der Waals surface area contributed by atoms with Crippen molar-refractivity contribution in [1.82, 2.24) is 10.6 Å². The molecule has 1 aliphatic carbocycles. The van der Waals surface area contributed by atoms with Crippen LogP contribution < -0.4 is 15.4 Å². The molecule has 0 aliphatic heterocycles. The number of rotatable bonds is 4. The van der Waals surface area contributed by atoms with E-state index in [0.717, 1.165) is 24.2 Å². The molecule has 0 heterocycles. The highest BCUT2D eigenvalue weighted by Crippen LogP contribution is 2.17. The van der Waals surface area contributed by atoms with Crippen molar-refractivity contribution in [2.24, 2.45) is 0 Å². The lowest BCUT2D eigenvalue weighted by Gasteiger charge is -2.22. The molecule has 2 rings (SSSR count). The first kappa shape index (κ1) is 14.4. The van der Waals surface area contributed by atoms with E-state index in [1.165, 1.54) is 19.3 Å². The highest BCUT2D eigenvalue weighted by atomic mass is 16.5. The van der Waals surface area contributed by atoms with Gasteiger partial charge in [-0.2, -0.15) is 0 Å². The molecule has 1 aliphatic rings. The number of hydrogen-bond donors (Lipinski definition) is 2. The Labute approximate surface area is 120 Å². The monoisotopic (exact) mass is 274 g/mol. The maximum absolute atomic E-state index is 11.7. The van der Waals surface area contributed by atoms with Gasteiger partial charge >= 0.3 is 6.03 Å². The van der Waals surface area contributed by atoms with Gasteiger partial charge in [-0.25, -0.2) is 4.79 Å². The fourth-order valence-corrected chi connectivity index (χ4v) is 2.40. The summed E-state index contributed by atoms with van der Waals surface area (Å²) in [5.41, 5.74) is 1.02. The molecule has 108 valence electrons. The maximum atomic E-state index is 11.7. The van der Waals surface area contributed by atoms with Crippen LogP contribution in [0, 0.1) is 0 Å². The summed E-state index contributed by atoms with van der Waals surface area (Å²) < 4.78 is 5.09. The highest BCUT2D eigenvalue weighted by Gasteiger charge is 2.14. The molecule has 1 saturated carbocycles. The topological polar surface area (TPSA) is 50.4 Å². The number of benzene rings is 1. The number of carbonyl (C=O) groups is 1. The Morgan fingerprint density at radius 1 is 1.20 bits per heavy atom. The molecule has 20 heavy (non-hydrogen) atoms. The molecule has 2 N–H and O–H groups in total. The average molecular weight is 274 g/mol. The predicted octanol–water partition coefficient (Wildman–Crippen LogP) is 3.30. The van der Waals surface area contributed by atoms with Crippen molar-refractivity contribution < 1.29 is 9.53 Å². The zero-order valence-corrected chi connectivity index (χ0v) is 11.9. The van der Waals surface area contributed by atoms with Gasteiger partial charge in [-0.3, -0.25) is 0 Å². The SMILES string of the molecule is COc1ccc(/C=C/NC(=O)NC2CCCCC2)cc1. The third kappa shape index (κ3) is 4.61. The van der Waals surface area contributed by atoms with E-state index in [2.05, 4.69) is 10.6 Å². The fraction of sp³-hybridized carbons (Fsp3) is 0.438. The van der Waals surface area contributed by atoms with Gasteiger partial charge in [0.15, 0.2) is 0 Å². The van der Waals surface area contributed by atoms with Gasteiger partial charge in [0.2, 0.25) is 0 Å². The first-order valence-corrected chi connectivity index (χ1v) is 7.15. The molecular formula is C16H22N2O2. The Morgan fingerprint density at radius 2 is 1.90 bits per heavy atom. The van der Waals surface area contributed by atoms with E-state index in [0.29, 0.717) is 6.04 Å². The Hall–Kier alpha value is -1.97. The predicted molar refractivity (Wildman–Crippen MR) is 80.6 cm³/mol. The minimum atomic E-state index is -0.123. The zero-order valence-electron chi connectivity index (χ0n) is 11.9. The first-order chi connectivity index (χ1) is 9.78. The molecule has 4 nitrogen and oxygen atoms in total. The van der Waals surface area contributed by atoms with Gasteiger partial charge in [-0.1, -0.05) is 31.4 Å². The van der Waals surface area contributed by atoms with Gasteiger partial charge in [0, 0.05) is 12.2 Å². The summed E-state index contributed by atoms with van der Waals surface area (Å²) in [5, 5.41) is 5.75. The van der Waals surface area contributed by atoms with Gasteiger partial charge < -0.3 is 15.4 Å². The van der Waals surface area contributed by atoms with Crippen LogP contribution in [-0.4, -0.2) is 19.2 Å². The van der Waals surface area contributed by atoms with Crippen LogP contribution in [-0.2, 0) is 0 Å². The van der Waals surface area contributed by atoms with Crippen molar-refractivity contribution in [3.8, 4) is 5.75 Å². The van der Waals surface area contributed by atoms with Crippen molar-refractivity contribution in [3.05, 3.63) is 36.0 Å². The lowest BCUT2D eigenvalue weighted by Crippen LogP contribution is -2.40. The van der Waals surface area contributed by atoms with Gasteiger partial charge in [-0.05, 0) is 36.6 Å². The maximum Gasteiger partial charge on any atom is 0.318 e. The van der Waals surface area contributed by atoms with Crippen LogP contribution in [0.1, 0.15) is 37.7 Å². The second-order valence-corrected chi connectivity index (χ2v) is 5.06. The smallest absolute Gasteiger partial charge is 0.318 e. The molecule has 0 saturated heterocycles. The van der Waals surface area contributed by atoms with Crippen molar-refractivity contribution in [1.29, 1.82) is 0 Å². The molecule has 1 aromatic rings. The molecular weight excluding hydrogens is 252 g/mol. The molecule has 1 aromatic carbocycles. The fourth-order valence-electron chi connectivity index (χ4n) is 2.40. The molecule has 0 atom stereocenters. The molecule has 4 heteroatoms. The molecule has 0 aromatic heterocycles. The van der Waals surface area contributed by atoms with Crippen molar-refractivity contribution >= 4 is 12.1 Å². The van der Waals surface area contributed by atoms with E-state index in [9.17, 15) is 4.79 Å². The average Bonchev–Trinajstić information content (AvgIpc) is 2.49. The minimum Gasteiger partial charge on any atom is -0.497 e. The van der Waals surface area contributed by atoms with E-state index >= 15 is 0 Å². The van der Waals surface area contributed by atoms with E-state index in [1.54, 1.807) is 13.3 Å². The lowest BCUT2D eigenvalue weighted by molar-refractivity contribution is 0.236. The second kappa shape index (κ2) is 7.58. The minimum absolute atomic E-state index is 0.123. The molecule has 0 spiro atoms. The van der Waals surface area contributed by atoms with Gasteiger partial charge in [0.1, 0.15) is 5.75 Å². The van der Waals surface area contributed by atoms with E-state index in [-0.39, 0.29) is 6.03 Å². The van der Waals surface area contributed by atoms with Crippen LogP contribution in [0.4, 0.5) is 4.79 Å². The summed E-state index contributed by atoms with van der Waals surface area (Å²) in [7, 11) is 1.64. The number of hydrogen-bond acceptors (Lipinski definition) is 2. The largest absolute Gasteiger partial charge is 0.497 e. The summed E-state index contributed by atoms with van der Waals surface area (Å²) in [6.07, 6.45) is 9.43. The van der Waals surface area contributed by atoms with Crippen LogP contribution in [0.25, 0.3) is 6.08 Å². The highest BCUT2D eigenvalue weighted by molar-refractivity contribution is 5.76. The standard InChI is InChI=1S/C16H22N2O2/c1-20-15-9-7-13(8-10-15)11-12-17-16(19)18-14-5-3-2-4-6-14/h7-12,14H,2-6H2,1H3,(H2,17,18,19)/b12-11+. The quantitative estimate of drug-likeness (QED) is 0.885. The Morgan fingerprint density at radius 3 is 2.55 bits per heavy atom. The van der Waals surface area contributed by atoms with Crippen LogP contribution >= 0.6 is 0 Å². The number of urea groups is 1. The summed E-state index contributed by atoms with van der Waals surface area (Å²) in [5.74, 6) is 0.824. The molecule has 2 amide bonds. The van der Waals surface area contributed by atoms with Crippen LogP contribution in [0.3, 0.4) is 0 Å². The van der Waals surface area contributed by atoms with Gasteiger partial charge in [0.25, 0.3) is 0 Å². The number of methoxy groups -OCH3 is 1. The van der Waals surface area contributed by atoms with Crippen LogP contribution in [0.2, 0.25) is 0 Å². The number of nitrogens with one attached hydrogen (secondary N) is 2. The molecule has 0 radical (unpaired) electrons. The first-order valence-electron chi connectivity index (χ1n) is 7.15. The lowest BCUT2D eigenvalue weighted by atomic mass is 9.96.